The molecule has 1 aliphatic rings. The van der Waals surface area contributed by atoms with Crippen molar-refractivity contribution in [1.82, 2.24) is 9.88 Å². The van der Waals surface area contributed by atoms with E-state index in [1.807, 2.05) is 17.0 Å². The van der Waals surface area contributed by atoms with Gasteiger partial charge in [0.1, 0.15) is 16.5 Å². The van der Waals surface area contributed by atoms with Crippen LogP contribution in [-0.2, 0) is 17.8 Å². The highest BCUT2D eigenvalue weighted by Gasteiger charge is 2.25. The highest BCUT2D eigenvalue weighted by Crippen LogP contribution is 2.23. The van der Waals surface area contributed by atoms with Gasteiger partial charge < -0.3 is 9.64 Å². The lowest BCUT2D eigenvalue weighted by Crippen LogP contribution is -2.39. The van der Waals surface area contributed by atoms with Crippen molar-refractivity contribution in [3.05, 3.63) is 51.7 Å². The Morgan fingerprint density at radius 3 is 2.71 bits per heavy atom. The van der Waals surface area contributed by atoms with Crippen LogP contribution in [-0.4, -0.2) is 36.0 Å². The summed E-state index contributed by atoms with van der Waals surface area (Å²) in [4.78, 5) is 18.7. The summed E-state index contributed by atoms with van der Waals surface area (Å²) in [6.45, 7) is 1.95. The Kier molecular flexibility index (Phi) is 5.58. The third-order valence-corrected chi connectivity index (χ3v) is 5.20. The summed E-state index contributed by atoms with van der Waals surface area (Å²) < 4.78 is 18.0. The minimum absolute atomic E-state index is 0.00818. The van der Waals surface area contributed by atoms with Crippen molar-refractivity contribution in [1.29, 1.82) is 0 Å². The Morgan fingerprint density at radius 1 is 1.33 bits per heavy atom. The fourth-order valence-electron chi connectivity index (χ4n) is 3.05. The van der Waals surface area contributed by atoms with Crippen molar-refractivity contribution in [2.75, 3.05) is 20.2 Å². The molecule has 2 heterocycles. The van der Waals surface area contributed by atoms with Crippen LogP contribution in [0.4, 0.5) is 4.39 Å². The molecule has 0 spiro atoms. The van der Waals surface area contributed by atoms with Crippen molar-refractivity contribution in [3.63, 3.8) is 0 Å². The number of aromatic nitrogens is 1. The molecule has 0 saturated carbocycles. The predicted octanol–water partition coefficient (Wildman–Crippen LogP) is 3.52. The zero-order valence-corrected chi connectivity index (χ0v) is 14.5. The summed E-state index contributed by atoms with van der Waals surface area (Å²) >= 11 is 1.46. The van der Waals surface area contributed by atoms with Gasteiger partial charge in [0.25, 0.3) is 5.91 Å². The molecule has 0 aliphatic carbocycles. The quantitative estimate of drug-likeness (QED) is 0.830. The van der Waals surface area contributed by atoms with Gasteiger partial charge in [-0.3, -0.25) is 4.79 Å². The van der Waals surface area contributed by atoms with Crippen LogP contribution in [0.1, 0.15) is 33.9 Å². The number of benzene rings is 1. The first kappa shape index (κ1) is 17.0. The molecule has 1 aliphatic heterocycles. The first-order valence-electron chi connectivity index (χ1n) is 8.13. The minimum Gasteiger partial charge on any atom is -0.378 e. The molecule has 0 N–H and O–H groups in total. The van der Waals surface area contributed by atoms with Gasteiger partial charge in [-0.25, -0.2) is 9.37 Å². The van der Waals surface area contributed by atoms with E-state index in [4.69, 9.17) is 4.74 Å². The number of piperidine rings is 1. The monoisotopic (exact) mass is 348 g/mol. The largest absolute Gasteiger partial charge is 0.378 e. The zero-order chi connectivity index (χ0) is 16.9. The number of carbonyl (C=O) groups is 1. The van der Waals surface area contributed by atoms with E-state index in [2.05, 4.69) is 4.98 Å². The van der Waals surface area contributed by atoms with Gasteiger partial charge >= 0.3 is 0 Å². The first-order chi connectivity index (χ1) is 11.7. The summed E-state index contributed by atoms with van der Waals surface area (Å²) in [5.41, 5.74) is 1.67. The van der Waals surface area contributed by atoms with Crippen LogP contribution in [0.5, 0.6) is 0 Å². The van der Waals surface area contributed by atoms with Crippen LogP contribution in [0.3, 0.4) is 0 Å². The number of thiazole rings is 1. The molecule has 2 aromatic rings. The van der Waals surface area contributed by atoms with Crippen molar-refractivity contribution in [2.45, 2.75) is 25.9 Å². The molecule has 4 nitrogen and oxygen atoms in total. The highest BCUT2D eigenvalue weighted by molar-refractivity contribution is 7.09. The lowest BCUT2D eigenvalue weighted by atomic mass is 9.90. The fourth-order valence-corrected chi connectivity index (χ4v) is 3.79. The van der Waals surface area contributed by atoms with Crippen molar-refractivity contribution in [3.8, 4) is 0 Å². The van der Waals surface area contributed by atoms with Crippen molar-refractivity contribution < 1.29 is 13.9 Å². The van der Waals surface area contributed by atoms with E-state index in [1.165, 1.54) is 23.5 Å². The van der Waals surface area contributed by atoms with E-state index in [0.29, 0.717) is 18.2 Å². The van der Waals surface area contributed by atoms with Gasteiger partial charge in [0.05, 0.1) is 6.61 Å². The van der Waals surface area contributed by atoms with Gasteiger partial charge in [-0.05, 0) is 42.9 Å². The standard InChI is InChI=1S/C18H21FN2O2S/c1-23-11-17-20-16(12-24-17)18(22)21-8-6-14(7-9-21)10-13-2-4-15(19)5-3-13/h2-5,12,14H,6-11H2,1H3. The Morgan fingerprint density at radius 2 is 2.04 bits per heavy atom. The van der Waals surface area contributed by atoms with E-state index in [0.717, 1.165) is 42.9 Å². The molecular weight excluding hydrogens is 327 g/mol. The second-order valence-corrected chi connectivity index (χ2v) is 7.07. The summed E-state index contributed by atoms with van der Waals surface area (Å²) in [6, 6.07) is 6.71. The molecule has 3 rings (SSSR count). The molecule has 1 aromatic heterocycles. The topological polar surface area (TPSA) is 42.4 Å². The van der Waals surface area contributed by atoms with Crippen LogP contribution in [0.2, 0.25) is 0 Å². The lowest BCUT2D eigenvalue weighted by Gasteiger charge is -2.31. The second-order valence-electron chi connectivity index (χ2n) is 6.13. The van der Waals surface area contributed by atoms with Crippen LogP contribution in [0.25, 0.3) is 0 Å². The number of amides is 1. The van der Waals surface area contributed by atoms with Crippen LogP contribution >= 0.6 is 11.3 Å². The van der Waals surface area contributed by atoms with E-state index < -0.39 is 0 Å². The van der Waals surface area contributed by atoms with Gasteiger partial charge in [-0.2, -0.15) is 0 Å². The highest BCUT2D eigenvalue weighted by atomic mass is 32.1. The van der Waals surface area contributed by atoms with Crippen LogP contribution in [0, 0.1) is 11.7 Å². The number of hydrogen-bond acceptors (Lipinski definition) is 4. The number of hydrogen-bond donors (Lipinski definition) is 0. The Labute approximate surface area is 145 Å². The molecule has 24 heavy (non-hydrogen) atoms. The summed E-state index contributed by atoms with van der Waals surface area (Å²) in [6.07, 6.45) is 2.88. The normalized spacial score (nSPS) is 15.7. The van der Waals surface area contributed by atoms with Crippen LogP contribution in [0.15, 0.2) is 29.6 Å². The van der Waals surface area contributed by atoms with E-state index in [9.17, 15) is 9.18 Å². The van der Waals surface area contributed by atoms with Crippen molar-refractivity contribution in [2.24, 2.45) is 5.92 Å². The predicted molar refractivity (Wildman–Crippen MR) is 91.6 cm³/mol. The number of carbonyl (C=O) groups excluding carboxylic acids is 1. The van der Waals surface area contributed by atoms with E-state index in [1.54, 1.807) is 12.5 Å². The molecule has 1 amide bonds. The maximum absolute atomic E-state index is 13.0. The van der Waals surface area contributed by atoms with Gasteiger partial charge in [-0.15, -0.1) is 11.3 Å². The van der Waals surface area contributed by atoms with Gasteiger partial charge in [0.2, 0.25) is 0 Å². The number of nitrogens with zero attached hydrogens (tertiary/aromatic N) is 2. The Bertz CT molecular complexity index is 679. The van der Waals surface area contributed by atoms with E-state index >= 15 is 0 Å². The molecule has 0 bridgehead atoms. The molecule has 0 radical (unpaired) electrons. The van der Waals surface area contributed by atoms with Gasteiger partial charge in [0.15, 0.2) is 0 Å². The molecular formula is C18H21FN2O2S. The molecule has 6 heteroatoms. The van der Waals surface area contributed by atoms with Gasteiger partial charge in [0, 0.05) is 25.6 Å². The smallest absolute Gasteiger partial charge is 0.273 e. The van der Waals surface area contributed by atoms with Gasteiger partial charge in [-0.1, -0.05) is 12.1 Å². The second kappa shape index (κ2) is 7.85. The zero-order valence-electron chi connectivity index (χ0n) is 13.7. The third kappa shape index (κ3) is 4.19. The number of methoxy groups -OCH3 is 1. The SMILES string of the molecule is COCc1nc(C(=O)N2CCC(Cc3ccc(F)cc3)CC2)cs1. The fraction of sp³-hybridized carbons (Fsp3) is 0.444. The molecule has 1 aromatic carbocycles. The number of likely N-dealkylation sites (tertiary alicyclic amines) is 1. The van der Waals surface area contributed by atoms with E-state index in [-0.39, 0.29) is 11.7 Å². The average Bonchev–Trinajstić information content (AvgIpc) is 3.06. The first-order valence-corrected chi connectivity index (χ1v) is 9.00. The minimum atomic E-state index is -0.199. The maximum atomic E-state index is 13.0. The molecule has 0 atom stereocenters. The lowest BCUT2D eigenvalue weighted by molar-refractivity contribution is 0.0685. The third-order valence-electron chi connectivity index (χ3n) is 4.38. The number of rotatable bonds is 5. The molecule has 1 fully saturated rings. The maximum Gasteiger partial charge on any atom is 0.273 e. The summed E-state index contributed by atoms with van der Waals surface area (Å²) in [7, 11) is 1.62. The average molecular weight is 348 g/mol. The summed E-state index contributed by atoms with van der Waals surface area (Å²) in [5.74, 6) is 0.350. The molecule has 1 saturated heterocycles. The summed E-state index contributed by atoms with van der Waals surface area (Å²) in [5, 5.41) is 2.63. The number of halogens is 1. The van der Waals surface area contributed by atoms with Crippen molar-refractivity contribution >= 4 is 17.2 Å². The van der Waals surface area contributed by atoms with Crippen LogP contribution < -0.4 is 0 Å². The molecule has 0 unspecified atom stereocenters. The Hall–Kier alpha value is -1.79. The molecule has 128 valence electrons. The Balaban J connectivity index is 1.52. The number of ether oxygens (including phenoxy) is 1.